The number of halogens is 1. The molecule has 124 valence electrons. The molecule has 2 unspecified atom stereocenters. The van der Waals surface area contributed by atoms with Crippen molar-refractivity contribution in [2.75, 3.05) is 13.7 Å². The summed E-state index contributed by atoms with van der Waals surface area (Å²) in [5, 5.41) is 19.9. The number of ether oxygens (including phenoxy) is 1. The normalized spacial score (nSPS) is 20.5. The lowest BCUT2D eigenvalue weighted by atomic mass is 10.1. The van der Waals surface area contributed by atoms with E-state index in [0.717, 1.165) is 0 Å². The zero-order valence-electron chi connectivity index (χ0n) is 12.3. The van der Waals surface area contributed by atoms with Crippen molar-refractivity contribution >= 4 is 33.5 Å². The molecule has 1 fully saturated rings. The largest absolute Gasteiger partial charge is 0.480 e. The topological polar surface area (TPSA) is 110 Å². The Morgan fingerprint density at radius 2 is 2.22 bits per heavy atom. The Morgan fingerprint density at radius 1 is 1.52 bits per heavy atom. The summed E-state index contributed by atoms with van der Waals surface area (Å²) < 4.78 is 5.59. The van der Waals surface area contributed by atoms with Crippen LogP contribution in [0.3, 0.4) is 0 Å². The standard InChI is InChI=1S/C14H15BrN2O6/c1-23-10-6-12(14(19)20)16(7-10)13(18)4-8-2-3-9(17(21)22)5-11(8)15/h2-3,5,10,12H,4,6-7H2,1H3,(H,19,20). The predicted molar refractivity (Wildman–Crippen MR) is 83.1 cm³/mol. The van der Waals surface area contributed by atoms with Gasteiger partial charge in [0, 0.05) is 36.7 Å². The molecular weight excluding hydrogens is 372 g/mol. The number of carbonyl (C=O) groups excluding carboxylic acids is 1. The van der Waals surface area contributed by atoms with Crippen LogP contribution in [0.15, 0.2) is 22.7 Å². The van der Waals surface area contributed by atoms with Crippen LogP contribution in [0.2, 0.25) is 0 Å². The molecular formula is C14H15BrN2O6. The van der Waals surface area contributed by atoms with Gasteiger partial charge in [-0.1, -0.05) is 22.0 Å². The molecule has 0 bridgehead atoms. The molecule has 2 atom stereocenters. The Hall–Kier alpha value is -2.00. The predicted octanol–water partition coefficient (Wildman–Crippen LogP) is 1.60. The molecule has 8 nitrogen and oxygen atoms in total. The van der Waals surface area contributed by atoms with Gasteiger partial charge in [0.15, 0.2) is 0 Å². The lowest BCUT2D eigenvalue weighted by molar-refractivity contribution is -0.384. The van der Waals surface area contributed by atoms with Gasteiger partial charge < -0.3 is 14.7 Å². The highest BCUT2D eigenvalue weighted by molar-refractivity contribution is 9.10. The van der Waals surface area contributed by atoms with E-state index in [4.69, 9.17) is 4.74 Å². The van der Waals surface area contributed by atoms with E-state index in [2.05, 4.69) is 15.9 Å². The maximum absolute atomic E-state index is 12.4. The summed E-state index contributed by atoms with van der Waals surface area (Å²) in [5.41, 5.74) is 0.475. The van der Waals surface area contributed by atoms with Crippen LogP contribution in [0, 0.1) is 10.1 Å². The third kappa shape index (κ3) is 3.85. The third-order valence-electron chi connectivity index (χ3n) is 3.79. The first kappa shape index (κ1) is 17.4. The second kappa shape index (κ2) is 7.05. The molecule has 0 aromatic heterocycles. The van der Waals surface area contributed by atoms with Crippen molar-refractivity contribution in [3.05, 3.63) is 38.3 Å². The number of aliphatic carboxylic acids is 1. The number of methoxy groups -OCH3 is 1. The van der Waals surface area contributed by atoms with Crippen molar-refractivity contribution in [3.8, 4) is 0 Å². The fraction of sp³-hybridized carbons (Fsp3) is 0.429. The number of carboxylic acids is 1. The van der Waals surface area contributed by atoms with E-state index in [0.29, 0.717) is 10.0 Å². The lowest BCUT2D eigenvalue weighted by Gasteiger charge is -2.21. The van der Waals surface area contributed by atoms with Gasteiger partial charge in [0.05, 0.1) is 17.4 Å². The van der Waals surface area contributed by atoms with Crippen LogP contribution in [0.1, 0.15) is 12.0 Å². The molecule has 0 saturated carbocycles. The van der Waals surface area contributed by atoms with Crippen molar-refractivity contribution in [2.24, 2.45) is 0 Å². The minimum absolute atomic E-state index is 0.0429. The van der Waals surface area contributed by atoms with Gasteiger partial charge in [0.1, 0.15) is 6.04 Å². The van der Waals surface area contributed by atoms with Gasteiger partial charge in [-0.05, 0) is 5.56 Å². The van der Waals surface area contributed by atoms with Crippen LogP contribution >= 0.6 is 15.9 Å². The molecule has 1 heterocycles. The number of hydrogen-bond acceptors (Lipinski definition) is 5. The van der Waals surface area contributed by atoms with E-state index in [-0.39, 0.29) is 37.1 Å². The molecule has 0 spiro atoms. The Kier molecular flexibility index (Phi) is 5.32. The second-order valence-electron chi connectivity index (χ2n) is 5.20. The average molecular weight is 387 g/mol. The smallest absolute Gasteiger partial charge is 0.326 e. The van der Waals surface area contributed by atoms with Gasteiger partial charge in [-0.15, -0.1) is 0 Å². The summed E-state index contributed by atoms with van der Waals surface area (Å²) in [4.78, 5) is 35.2. The summed E-state index contributed by atoms with van der Waals surface area (Å²) in [7, 11) is 1.48. The quantitative estimate of drug-likeness (QED) is 0.607. The van der Waals surface area contributed by atoms with E-state index in [1.54, 1.807) is 0 Å². The highest BCUT2D eigenvalue weighted by atomic mass is 79.9. The number of nitro groups is 1. The molecule has 1 aromatic rings. The molecule has 1 saturated heterocycles. The molecule has 23 heavy (non-hydrogen) atoms. The van der Waals surface area contributed by atoms with Crippen LogP contribution < -0.4 is 0 Å². The maximum Gasteiger partial charge on any atom is 0.326 e. The lowest BCUT2D eigenvalue weighted by Crippen LogP contribution is -2.41. The van der Waals surface area contributed by atoms with E-state index < -0.39 is 16.9 Å². The number of carboxylic acid groups (broad SMARTS) is 1. The fourth-order valence-corrected chi connectivity index (χ4v) is 3.04. The number of non-ortho nitro benzene ring substituents is 1. The van der Waals surface area contributed by atoms with Gasteiger partial charge in [-0.2, -0.15) is 0 Å². The molecule has 1 aromatic carbocycles. The summed E-state index contributed by atoms with van der Waals surface area (Å²) in [5.74, 6) is -1.42. The first-order valence-corrected chi connectivity index (χ1v) is 7.60. The first-order chi connectivity index (χ1) is 10.8. The number of likely N-dealkylation sites (tertiary alicyclic amines) is 1. The van der Waals surface area contributed by atoms with E-state index in [1.165, 1.54) is 30.2 Å². The number of nitro benzene ring substituents is 1. The Balaban J connectivity index is 2.15. The molecule has 1 aliphatic rings. The van der Waals surface area contributed by atoms with Crippen LogP contribution in [0.25, 0.3) is 0 Å². The number of nitrogens with zero attached hydrogens (tertiary/aromatic N) is 2. The van der Waals surface area contributed by atoms with Crippen LogP contribution in [0.5, 0.6) is 0 Å². The third-order valence-corrected chi connectivity index (χ3v) is 4.53. The molecule has 2 rings (SSSR count). The Labute approximate surface area is 140 Å². The number of benzene rings is 1. The Bertz CT molecular complexity index is 650. The number of carbonyl (C=O) groups is 2. The molecule has 0 radical (unpaired) electrons. The fourth-order valence-electron chi connectivity index (χ4n) is 2.54. The highest BCUT2D eigenvalue weighted by Gasteiger charge is 2.39. The average Bonchev–Trinajstić information content (AvgIpc) is 2.93. The minimum atomic E-state index is -1.07. The van der Waals surface area contributed by atoms with Crippen molar-refractivity contribution in [1.29, 1.82) is 0 Å². The summed E-state index contributed by atoms with van der Waals surface area (Å²) in [6.07, 6.45) is -0.0991. The van der Waals surface area contributed by atoms with Crippen molar-refractivity contribution in [1.82, 2.24) is 4.90 Å². The van der Waals surface area contributed by atoms with E-state index in [1.807, 2.05) is 0 Å². The second-order valence-corrected chi connectivity index (χ2v) is 6.06. The monoisotopic (exact) mass is 386 g/mol. The maximum atomic E-state index is 12.4. The van der Waals surface area contributed by atoms with Gasteiger partial charge in [-0.3, -0.25) is 14.9 Å². The molecule has 9 heteroatoms. The molecule has 0 aliphatic carbocycles. The number of amides is 1. The number of rotatable bonds is 5. The number of hydrogen-bond donors (Lipinski definition) is 1. The van der Waals surface area contributed by atoms with E-state index >= 15 is 0 Å². The molecule has 1 amide bonds. The van der Waals surface area contributed by atoms with Crippen LogP contribution in [0.4, 0.5) is 5.69 Å². The van der Waals surface area contributed by atoms with Crippen LogP contribution in [-0.2, 0) is 20.7 Å². The highest BCUT2D eigenvalue weighted by Crippen LogP contribution is 2.26. The van der Waals surface area contributed by atoms with Gasteiger partial charge >= 0.3 is 5.97 Å². The molecule has 1 aliphatic heterocycles. The summed E-state index contributed by atoms with van der Waals surface area (Å²) in [6.45, 7) is 0.219. The van der Waals surface area contributed by atoms with Crippen LogP contribution in [-0.4, -0.2) is 52.6 Å². The van der Waals surface area contributed by atoms with Crippen molar-refractivity contribution in [3.63, 3.8) is 0 Å². The first-order valence-electron chi connectivity index (χ1n) is 6.81. The minimum Gasteiger partial charge on any atom is -0.480 e. The Morgan fingerprint density at radius 3 is 2.74 bits per heavy atom. The zero-order valence-corrected chi connectivity index (χ0v) is 13.9. The van der Waals surface area contributed by atoms with Gasteiger partial charge in [-0.25, -0.2) is 4.79 Å². The van der Waals surface area contributed by atoms with Gasteiger partial charge in [0.25, 0.3) is 5.69 Å². The van der Waals surface area contributed by atoms with Crippen molar-refractivity contribution < 1.29 is 24.4 Å². The zero-order chi connectivity index (χ0) is 17.1. The summed E-state index contributed by atoms with van der Waals surface area (Å²) in [6, 6.07) is 3.20. The summed E-state index contributed by atoms with van der Waals surface area (Å²) >= 11 is 3.21. The van der Waals surface area contributed by atoms with Gasteiger partial charge in [0.2, 0.25) is 5.91 Å². The molecule has 1 N–H and O–H groups in total. The SMILES string of the molecule is COC1CC(C(=O)O)N(C(=O)Cc2ccc([N+](=O)[O-])cc2Br)C1. The van der Waals surface area contributed by atoms with E-state index in [9.17, 15) is 24.8 Å². The van der Waals surface area contributed by atoms with Crippen molar-refractivity contribution in [2.45, 2.75) is 25.0 Å².